The molecule has 0 bridgehead atoms. The average Bonchev–Trinajstić information content (AvgIpc) is 3.00. The van der Waals surface area contributed by atoms with E-state index < -0.39 is 0 Å². The maximum atomic E-state index is 11.9. The molecule has 2 N–H and O–H groups in total. The number of anilines is 1. The number of ether oxygens (including phenoxy) is 1. The highest BCUT2D eigenvalue weighted by atomic mass is 16.5. The molecule has 1 aromatic carbocycles. The Hall–Kier alpha value is -2.76. The first-order chi connectivity index (χ1) is 10.1. The first-order valence-electron chi connectivity index (χ1n) is 6.54. The van der Waals surface area contributed by atoms with Crippen LogP contribution in [0, 0.1) is 0 Å². The van der Waals surface area contributed by atoms with E-state index in [-0.39, 0.29) is 30.2 Å². The quantitative estimate of drug-likeness (QED) is 0.905. The van der Waals surface area contributed by atoms with Gasteiger partial charge in [0.05, 0.1) is 18.0 Å². The number of furan rings is 1. The summed E-state index contributed by atoms with van der Waals surface area (Å²) < 4.78 is 10.3. The van der Waals surface area contributed by atoms with Crippen molar-refractivity contribution in [2.24, 2.45) is 0 Å². The molecule has 108 valence electrons. The van der Waals surface area contributed by atoms with E-state index in [4.69, 9.17) is 9.15 Å². The topological polar surface area (TPSA) is 80.6 Å². The number of fused-ring (bicyclic) bond motifs is 1. The van der Waals surface area contributed by atoms with Crippen molar-refractivity contribution in [2.45, 2.75) is 13.0 Å². The summed E-state index contributed by atoms with van der Waals surface area (Å²) in [4.78, 5) is 23.3. The smallest absolute Gasteiger partial charge is 0.287 e. The SMILES string of the molecule is C[C@@H](NC(=O)c1ccco1)c1ccc2c(c1)NC(=O)CO2. The van der Waals surface area contributed by atoms with Crippen molar-refractivity contribution in [1.29, 1.82) is 0 Å². The molecule has 0 saturated heterocycles. The van der Waals surface area contributed by atoms with Gasteiger partial charge in [-0.25, -0.2) is 0 Å². The Morgan fingerprint density at radius 3 is 3.00 bits per heavy atom. The summed E-state index contributed by atoms with van der Waals surface area (Å²) in [6.07, 6.45) is 1.45. The lowest BCUT2D eigenvalue weighted by Gasteiger charge is -2.20. The first-order valence-corrected chi connectivity index (χ1v) is 6.54. The molecule has 3 rings (SSSR count). The van der Waals surface area contributed by atoms with Gasteiger partial charge in [0, 0.05) is 0 Å². The predicted molar refractivity (Wildman–Crippen MR) is 75.2 cm³/mol. The zero-order valence-corrected chi connectivity index (χ0v) is 11.4. The van der Waals surface area contributed by atoms with Crippen LogP contribution in [0.25, 0.3) is 0 Å². The van der Waals surface area contributed by atoms with Crippen LogP contribution < -0.4 is 15.4 Å². The van der Waals surface area contributed by atoms with E-state index in [1.807, 2.05) is 13.0 Å². The van der Waals surface area contributed by atoms with Gasteiger partial charge in [-0.2, -0.15) is 0 Å². The number of nitrogens with one attached hydrogen (secondary N) is 2. The van der Waals surface area contributed by atoms with E-state index >= 15 is 0 Å². The maximum absolute atomic E-state index is 11.9. The summed E-state index contributed by atoms with van der Waals surface area (Å²) in [5, 5.41) is 5.57. The number of benzene rings is 1. The number of hydrogen-bond acceptors (Lipinski definition) is 4. The highest BCUT2D eigenvalue weighted by molar-refractivity contribution is 5.95. The van der Waals surface area contributed by atoms with Gasteiger partial charge in [-0.1, -0.05) is 6.07 Å². The summed E-state index contributed by atoms with van der Waals surface area (Å²) in [7, 11) is 0. The first kappa shape index (κ1) is 13.2. The van der Waals surface area contributed by atoms with Crippen LogP contribution in [0.4, 0.5) is 5.69 Å². The molecular weight excluding hydrogens is 272 g/mol. The molecular formula is C15H14N2O4. The van der Waals surface area contributed by atoms with Gasteiger partial charge in [0.2, 0.25) is 0 Å². The van der Waals surface area contributed by atoms with Crippen LogP contribution in [0.2, 0.25) is 0 Å². The molecule has 2 amide bonds. The second-order valence-corrected chi connectivity index (χ2v) is 4.76. The van der Waals surface area contributed by atoms with E-state index in [0.717, 1.165) is 5.56 Å². The molecule has 0 fully saturated rings. The monoisotopic (exact) mass is 286 g/mol. The van der Waals surface area contributed by atoms with E-state index in [1.54, 1.807) is 24.3 Å². The largest absolute Gasteiger partial charge is 0.482 e. The molecule has 2 heterocycles. The van der Waals surface area contributed by atoms with Crippen molar-refractivity contribution < 1.29 is 18.7 Å². The average molecular weight is 286 g/mol. The van der Waals surface area contributed by atoms with Gasteiger partial charge in [-0.15, -0.1) is 0 Å². The summed E-state index contributed by atoms with van der Waals surface area (Å²) in [5.74, 6) is 0.414. The zero-order chi connectivity index (χ0) is 14.8. The van der Waals surface area contributed by atoms with Crippen molar-refractivity contribution in [2.75, 3.05) is 11.9 Å². The Balaban J connectivity index is 1.76. The van der Waals surface area contributed by atoms with Gasteiger partial charge in [0.1, 0.15) is 5.75 Å². The third-order valence-corrected chi connectivity index (χ3v) is 3.23. The third-order valence-electron chi connectivity index (χ3n) is 3.23. The molecule has 2 aromatic rings. The standard InChI is InChI=1S/C15H14N2O4/c1-9(16-15(19)13-3-2-6-20-13)10-4-5-12-11(7-10)17-14(18)8-21-12/h2-7,9H,8H2,1H3,(H,16,19)(H,17,18)/t9-/m1/s1. The summed E-state index contributed by atoms with van der Waals surface area (Å²) in [5.41, 5.74) is 1.47. The molecule has 0 unspecified atom stereocenters. The Bertz CT molecular complexity index is 679. The number of carbonyl (C=O) groups is 2. The fraction of sp³-hybridized carbons (Fsp3) is 0.200. The van der Waals surface area contributed by atoms with Crippen molar-refractivity contribution in [3.8, 4) is 5.75 Å². The summed E-state index contributed by atoms with van der Waals surface area (Å²) in [6, 6.07) is 8.45. The molecule has 0 aliphatic carbocycles. The Labute approximate surface area is 121 Å². The van der Waals surface area contributed by atoms with E-state index in [2.05, 4.69) is 10.6 Å². The van der Waals surface area contributed by atoms with Crippen LogP contribution in [-0.2, 0) is 4.79 Å². The normalized spacial score (nSPS) is 14.6. The second-order valence-electron chi connectivity index (χ2n) is 4.76. The summed E-state index contributed by atoms with van der Waals surface area (Å²) >= 11 is 0. The molecule has 1 aromatic heterocycles. The van der Waals surface area contributed by atoms with Gasteiger partial charge in [-0.05, 0) is 36.8 Å². The molecule has 21 heavy (non-hydrogen) atoms. The van der Waals surface area contributed by atoms with Crippen LogP contribution in [0.5, 0.6) is 5.75 Å². The van der Waals surface area contributed by atoms with E-state index in [0.29, 0.717) is 11.4 Å². The molecule has 0 spiro atoms. The molecule has 1 aliphatic rings. The van der Waals surface area contributed by atoms with Gasteiger partial charge in [0.15, 0.2) is 12.4 Å². The van der Waals surface area contributed by atoms with Crippen LogP contribution in [0.1, 0.15) is 29.1 Å². The molecule has 0 radical (unpaired) electrons. The van der Waals surface area contributed by atoms with Crippen LogP contribution in [0.15, 0.2) is 41.0 Å². The number of amides is 2. The highest BCUT2D eigenvalue weighted by Gasteiger charge is 2.19. The van der Waals surface area contributed by atoms with E-state index in [9.17, 15) is 9.59 Å². The number of carbonyl (C=O) groups excluding carboxylic acids is 2. The Morgan fingerprint density at radius 2 is 2.24 bits per heavy atom. The lowest BCUT2D eigenvalue weighted by atomic mass is 10.1. The summed E-state index contributed by atoms with van der Waals surface area (Å²) in [6.45, 7) is 1.88. The number of hydrogen-bond donors (Lipinski definition) is 2. The van der Waals surface area contributed by atoms with Gasteiger partial charge in [0.25, 0.3) is 11.8 Å². The molecule has 6 heteroatoms. The molecule has 1 aliphatic heterocycles. The fourth-order valence-electron chi connectivity index (χ4n) is 2.13. The molecule has 0 saturated carbocycles. The van der Waals surface area contributed by atoms with Gasteiger partial charge < -0.3 is 19.8 Å². The van der Waals surface area contributed by atoms with Crippen LogP contribution in [0.3, 0.4) is 0 Å². The Kier molecular flexibility index (Phi) is 3.35. The Morgan fingerprint density at radius 1 is 1.38 bits per heavy atom. The van der Waals surface area contributed by atoms with E-state index in [1.165, 1.54) is 6.26 Å². The van der Waals surface area contributed by atoms with Crippen LogP contribution in [-0.4, -0.2) is 18.4 Å². The van der Waals surface area contributed by atoms with Gasteiger partial charge >= 0.3 is 0 Å². The van der Waals surface area contributed by atoms with Crippen molar-refractivity contribution in [1.82, 2.24) is 5.32 Å². The van der Waals surface area contributed by atoms with Crippen LogP contribution >= 0.6 is 0 Å². The van der Waals surface area contributed by atoms with Gasteiger partial charge in [-0.3, -0.25) is 9.59 Å². The lowest BCUT2D eigenvalue weighted by Crippen LogP contribution is -2.27. The second kappa shape index (κ2) is 5.32. The highest BCUT2D eigenvalue weighted by Crippen LogP contribution is 2.30. The molecule has 1 atom stereocenters. The van der Waals surface area contributed by atoms with Crippen molar-refractivity contribution in [3.63, 3.8) is 0 Å². The minimum Gasteiger partial charge on any atom is -0.482 e. The predicted octanol–water partition coefficient (Wildman–Crippen LogP) is 2.10. The number of rotatable bonds is 3. The minimum absolute atomic E-state index is 0.0249. The zero-order valence-electron chi connectivity index (χ0n) is 11.4. The van der Waals surface area contributed by atoms with Crippen molar-refractivity contribution in [3.05, 3.63) is 47.9 Å². The fourth-order valence-corrected chi connectivity index (χ4v) is 2.13. The maximum Gasteiger partial charge on any atom is 0.287 e. The minimum atomic E-state index is -0.287. The lowest BCUT2D eigenvalue weighted by molar-refractivity contribution is -0.118. The molecule has 6 nitrogen and oxygen atoms in total. The third kappa shape index (κ3) is 2.74. The van der Waals surface area contributed by atoms with Crippen molar-refractivity contribution >= 4 is 17.5 Å².